The first kappa shape index (κ1) is 18.7. The molecule has 0 amide bonds. The largest absolute Gasteiger partial charge is 0.309 e. The van der Waals surface area contributed by atoms with Crippen molar-refractivity contribution in [3.8, 4) is 16.8 Å². The third-order valence-electron chi connectivity index (χ3n) is 6.96. The van der Waals surface area contributed by atoms with E-state index >= 15 is 0 Å². The summed E-state index contributed by atoms with van der Waals surface area (Å²) in [5.74, 6) is 0. The highest BCUT2D eigenvalue weighted by molar-refractivity contribution is 6.30. The Morgan fingerprint density at radius 2 is 1.19 bits per heavy atom. The van der Waals surface area contributed by atoms with Crippen LogP contribution in [-0.2, 0) is 5.41 Å². The average molecular weight is 422 g/mol. The highest BCUT2D eigenvalue weighted by Crippen LogP contribution is 2.50. The van der Waals surface area contributed by atoms with Crippen LogP contribution in [0.3, 0.4) is 0 Å². The van der Waals surface area contributed by atoms with Gasteiger partial charge in [-0.3, -0.25) is 0 Å². The van der Waals surface area contributed by atoms with Crippen molar-refractivity contribution in [2.75, 3.05) is 0 Å². The van der Waals surface area contributed by atoms with Crippen LogP contribution in [0.1, 0.15) is 36.1 Å². The van der Waals surface area contributed by atoms with Crippen molar-refractivity contribution in [3.63, 3.8) is 0 Å². The van der Waals surface area contributed by atoms with Gasteiger partial charge in [-0.05, 0) is 84.6 Å². The van der Waals surface area contributed by atoms with Gasteiger partial charge >= 0.3 is 0 Å². The highest BCUT2D eigenvalue weighted by Gasteiger charge is 2.35. The highest BCUT2D eigenvalue weighted by atomic mass is 35.5. The molecule has 1 nitrogen and oxygen atoms in total. The van der Waals surface area contributed by atoms with Gasteiger partial charge in [-0.25, -0.2) is 0 Å². The Hall–Kier alpha value is -3.03. The monoisotopic (exact) mass is 421 g/mol. The number of fused-ring (bicyclic) bond motifs is 6. The summed E-state index contributed by atoms with van der Waals surface area (Å²) in [6.45, 7) is 8.93. The van der Waals surface area contributed by atoms with Gasteiger partial charge in [0.1, 0.15) is 0 Å². The molecule has 0 N–H and O–H groups in total. The normalized spacial score (nSPS) is 14.2. The summed E-state index contributed by atoms with van der Waals surface area (Å²) in [6.07, 6.45) is 0. The van der Waals surface area contributed by atoms with Gasteiger partial charge < -0.3 is 4.57 Å². The second-order valence-corrected chi connectivity index (χ2v) is 9.86. The minimum Gasteiger partial charge on any atom is -0.309 e. The SMILES string of the molecule is Cc1ccc2c(c1)c1cc(C)ccc1n2-c1ccc2c(c1)C(C)(C)c1cc(Cl)ccc1-2. The zero-order chi connectivity index (χ0) is 21.5. The van der Waals surface area contributed by atoms with E-state index in [2.05, 4.69) is 99.0 Å². The Kier molecular flexibility index (Phi) is 3.77. The molecule has 1 aromatic heterocycles. The van der Waals surface area contributed by atoms with Crippen LogP contribution in [0.2, 0.25) is 5.02 Å². The molecule has 2 heteroatoms. The van der Waals surface area contributed by atoms with E-state index in [9.17, 15) is 0 Å². The van der Waals surface area contributed by atoms with Gasteiger partial charge in [-0.15, -0.1) is 0 Å². The molecule has 152 valence electrons. The number of hydrogen-bond acceptors (Lipinski definition) is 0. The molecule has 0 bridgehead atoms. The first-order chi connectivity index (χ1) is 14.8. The van der Waals surface area contributed by atoms with E-state index in [-0.39, 0.29) is 5.41 Å². The number of hydrogen-bond donors (Lipinski definition) is 0. The smallest absolute Gasteiger partial charge is 0.0541 e. The lowest BCUT2D eigenvalue weighted by Crippen LogP contribution is -2.15. The predicted octanol–water partition coefficient (Wildman–Crippen LogP) is 8.36. The van der Waals surface area contributed by atoms with E-state index in [1.54, 1.807) is 0 Å². The maximum absolute atomic E-state index is 6.36. The molecular formula is C29H24ClN. The summed E-state index contributed by atoms with van der Waals surface area (Å²) in [4.78, 5) is 0. The number of aryl methyl sites for hydroxylation is 2. The fourth-order valence-corrected chi connectivity index (χ4v) is 5.54. The van der Waals surface area contributed by atoms with Crippen molar-refractivity contribution < 1.29 is 0 Å². The number of halogens is 1. The molecule has 6 rings (SSSR count). The molecule has 1 aliphatic carbocycles. The van der Waals surface area contributed by atoms with Gasteiger partial charge in [0, 0.05) is 26.9 Å². The number of aromatic nitrogens is 1. The Labute approximate surface area is 187 Å². The Morgan fingerprint density at radius 3 is 1.81 bits per heavy atom. The zero-order valence-electron chi connectivity index (χ0n) is 18.3. The Bertz CT molecular complexity index is 1480. The van der Waals surface area contributed by atoms with Crippen molar-refractivity contribution in [1.82, 2.24) is 4.57 Å². The third-order valence-corrected chi connectivity index (χ3v) is 7.19. The van der Waals surface area contributed by atoms with E-state index in [0.717, 1.165) is 5.02 Å². The van der Waals surface area contributed by atoms with Crippen LogP contribution in [-0.4, -0.2) is 4.57 Å². The number of benzene rings is 4. The molecule has 0 aliphatic heterocycles. The van der Waals surface area contributed by atoms with E-state index in [4.69, 9.17) is 11.6 Å². The van der Waals surface area contributed by atoms with Crippen molar-refractivity contribution in [1.29, 1.82) is 0 Å². The van der Waals surface area contributed by atoms with Gasteiger partial charge in [0.25, 0.3) is 0 Å². The summed E-state index contributed by atoms with van der Waals surface area (Å²) >= 11 is 6.36. The standard InChI is InChI=1S/C29H24ClN/c1-17-5-11-27-23(13-17)24-14-18(2)6-12-28(24)31(27)20-8-10-22-21-9-7-19(30)15-25(21)29(3,4)26(22)16-20/h5-16H,1-4H3. The van der Waals surface area contributed by atoms with Crippen LogP contribution in [0.5, 0.6) is 0 Å². The lowest BCUT2D eigenvalue weighted by molar-refractivity contribution is 0.660. The molecule has 0 saturated heterocycles. The lowest BCUT2D eigenvalue weighted by Gasteiger charge is -2.22. The van der Waals surface area contributed by atoms with Gasteiger partial charge in [0.05, 0.1) is 11.0 Å². The van der Waals surface area contributed by atoms with Gasteiger partial charge in [0.15, 0.2) is 0 Å². The lowest BCUT2D eigenvalue weighted by atomic mass is 9.82. The summed E-state index contributed by atoms with van der Waals surface area (Å²) in [6, 6.07) is 26.8. The molecule has 31 heavy (non-hydrogen) atoms. The molecule has 0 radical (unpaired) electrons. The Morgan fingerprint density at radius 1 is 0.645 bits per heavy atom. The fourth-order valence-electron chi connectivity index (χ4n) is 5.37. The number of nitrogens with zero attached hydrogens (tertiary/aromatic N) is 1. The van der Waals surface area contributed by atoms with Crippen molar-refractivity contribution in [3.05, 3.63) is 100 Å². The topological polar surface area (TPSA) is 4.93 Å². The van der Waals surface area contributed by atoms with Gasteiger partial charge in [-0.2, -0.15) is 0 Å². The molecular weight excluding hydrogens is 398 g/mol. The molecule has 0 atom stereocenters. The summed E-state index contributed by atoms with van der Waals surface area (Å²) in [5, 5.41) is 3.43. The minimum atomic E-state index is -0.0858. The van der Waals surface area contributed by atoms with Crippen LogP contribution >= 0.6 is 11.6 Å². The Balaban J connectivity index is 1.66. The van der Waals surface area contributed by atoms with Crippen molar-refractivity contribution in [2.24, 2.45) is 0 Å². The average Bonchev–Trinajstić information content (AvgIpc) is 3.17. The maximum atomic E-state index is 6.36. The minimum absolute atomic E-state index is 0.0858. The van der Waals surface area contributed by atoms with Gasteiger partial charge in [0.2, 0.25) is 0 Å². The molecule has 4 aromatic carbocycles. The van der Waals surface area contributed by atoms with E-state index in [1.165, 1.54) is 60.9 Å². The third kappa shape index (κ3) is 2.56. The predicted molar refractivity (Wildman–Crippen MR) is 133 cm³/mol. The van der Waals surface area contributed by atoms with Crippen LogP contribution in [0.25, 0.3) is 38.6 Å². The zero-order valence-corrected chi connectivity index (χ0v) is 19.0. The van der Waals surface area contributed by atoms with Crippen LogP contribution in [0, 0.1) is 13.8 Å². The summed E-state index contributed by atoms with van der Waals surface area (Å²) in [7, 11) is 0. The molecule has 1 heterocycles. The first-order valence-electron chi connectivity index (χ1n) is 10.8. The number of rotatable bonds is 1. The van der Waals surface area contributed by atoms with Crippen LogP contribution in [0.4, 0.5) is 0 Å². The summed E-state index contributed by atoms with van der Waals surface area (Å²) < 4.78 is 2.41. The molecule has 0 spiro atoms. The summed E-state index contributed by atoms with van der Waals surface area (Å²) in [5.41, 5.74) is 11.5. The van der Waals surface area contributed by atoms with Gasteiger partial charge in [-0.1, -0.05) is 60.8 Å². The maximum Gasteiger partial charge on any atom is 0.0541 e. The van der Waals surface area contributed by atoms with Crippen molar-refractivity contribution >= 4 is 33.4 Å². The second kappa shape index (κ2) is 6.24. The van der Waals surface area contributed by atoms with E-state index in [1.807, 2.05) is 6.07 Å². The molecule has 0 unspecified atom stereocenters. The van der Waals surface area contributed by atoms with E-state index in [0.29, 0.717) is 0 Å². The molecule has 1 aliphatic rings. The first-order valence-corrected chi connectivity index (χ1v) is 11.2. The molecule has 0 fully saturated rings. The second-order valence-electron chi connectivity index (χ2n) is 9.42. The van der Waals surface area contributed by atoms with Crippen LogP contribution in [0.15, 0.2) is 72.8 Å². The quantitative estimate of drug-likeness (QED) is 0.256. The van der Waals surface area contributed by atoms with Crippen molar-refractivity contribution in [2.45, 2.75) is 33.1 Å². The van der Waals surface area contributed by atoms with Crippen LogP contribution < -0.4 is 0 Å². The van der Waals surface area contributed by atoms with E-state index < -0.39 is 0 Å². The fraction of sp³-hybridized carbons (Fsp3) is 0.172. The molecule has 0 saturated carbocycles. The molecule has 5 aromatic rings.